The van der Waals surface area contributed by atoms with Crippen molar-refractivity contribution < 1.29 is 4.42 Å². The van der Waals surface area contributed by atoms with Crippen molar-refractivity contribution in [3.05, 3.63) is 264 Å². The Morgan fingerprint density at radius 2 is 0.857 bits per heavy atom. The van der Waals surface area contributed by atoms with E-state index in [-0.39, 0.29) is 5.41 Å². The molecule has 0 saturated heterocycles. The minimum atomic E-state index is -0.377. The molecule has 3 heteroatoms. The van der Waals surface area contributed by atoms with Gasteiger partial charge in [-0.05, 0) is 138 Å². The van der Waals surface area contributed by atoms with Gasteiger partial charge in [0.1, 0.15) is 11.2 Å². The van der Waals surface area contributed by atoms with E-state index < -0.39 is 0 Å². The van der Waals surface area contributed by atoms with Gasteiger partial charge in [-0.3, -0.25) is 0 Å². The van der Waals surface area contributed by atoms with Gasteiger partial charge in [-0.15, -0.1) is 0 Å². The zero-order valence-corrected chi connectivity index (χ0v) is 38.2. The van der Waals surface area contributed by atoms with E-state index in [0.717, 1.165) is 85.1 Å². The number of rotatable bonds is 5. The maximum atomic E-state index is 6.72. The van der Waals surface area contributed by atoms with Gasteiger partial charge < -0.3 is 4.42 Å². The third kappa shape index (κ3) is 5.63. The normalized spacial score (nSPS) is 13.4. The van der Waals surface area contributed by atoms with Crippen LogP contribution in [0.3, 0.4) is 0 Å². The number of furan rings is 1. The first kappa shape index (κ1) is 39.1. The molecule has 0 atom stereocenters. The van der Waals surface area contributed by atoms with E-state index >= 15 is 0 Å². The molecule has 0 saturated carbocycles. The average Bonchev–Trinajstić information content (AvgIpc) is 4.07. The zero-order chi connectivity index (χ0) is 45.9. The SMILES string of the molecule is c1ccc(-c2cccc(-c3nc(-c4cccc5c4-c4ccccc4CC5)cc(-c4cccc5oc6ccc(-c7ccc8c(c7)-c7ccccc7C87c8ccccc8-c8ccccc87)cc6c45)n3)c2)cc1. The molecule has 0 N–H and O–H groups in total. The average molecular weight is 891 g/mol. The summed E-state index contributed by atoms with van der Waals surface area (Å²) in [7, 11) is 0. The number of hydrogen-bond acceptors (Lipinski definition) is 3. The van der Waals surface area contributed by atoms with Crippen molar-refractivity contribution in [1.82, 2.24) is 9.97 Å². The Balaban J connectivity index is 0.915. The number of nitrogens with zero attached hydrogens (tertiary/aromatic N) is 2. The molecule has 0 fully saturated rings. The van der Waals surface area contributed by atoms with Crippen molar-refractivity contribution in [2.24, 2.45) is 0 Å². The molecule has 15 rings (SSSR count). The first-order valence-corrected chi connectivity index (χ1v) is 24.3. The fourth-order valence-electron chi connectivity index (χ4n) is 12.4. The summed E-state index contributed by atoms with van der Waals surface area (Å²) in [6, 6.07) is 84.1. The molecular weight excluding hydrogens is 849 g/mol. The van der Waals surface area contributed by atoms with Crippen LogP contribution in [0.4, 0.5) is 0 Å². The molecule has 3 aliphatic carbocycles. The number of benzene rings is 10. The predicted octanol–water partition coefficient (Wildman–Crippen LogP) is 16.8. The van der Waals surface area contributed by atoms with Gasteiger partial charge in [0.25, 0.3) is 0 Å². The third-order valence-corrected chi connectivity index (χ3v) is 15.4. The van der Waals surface area contributed by atoms with Crippen molar-refractivity contribution in [1.29, 1.82) is 0 Å². The van der Waals surface area contributed by atoms with Gasteiger partial charge in [0.05, 0.1) is 16.8 Å². The minimum absolute atomic E-state index is 0.377. The van der Waals surface area contributed by atoms with E-state index in [4.69, 9.17) is 14.4 Å². The summed E-state index contributed by atoms with van der Waals surface area (Å²) in [5.74, 6) is 0.682. The van der Waals surface area contributed by atoms with Crippen LogP contribution in [-0.2, 0) is 18.3 Å². The monoisotopic (exact) mass is 890 g/mol. The lowest BCUT2D eigenvalue weighted by Crippen LogP contribution is -2.25. The second kappa shape index (κ2) is 15.0. The van der Waals surface area contributed by atoms with Crippen molar-refractivity contribution >= 4 is 21.9 Å². The van der Waals surface area contributed by atoms with Crippen LogP contribution in [0.25, 0.3) is 111 Å². The highest BCUT2D eigenvalue weighted by molar-refractivity contribution is 6.13. The van der Waals surface area contributed by atoms with Gasteiger partial charge in [-0.1, -0.05) is 194 Å². The highest BCUT2D eigenvalue weighted by Gasteiger charge is 2.51. The molecule has 0 unspecified atom stereocenters. The van der Waals surface area contributed by atoms with E-state index in [1.54, 1.807) is 0 Å². The van der Waals surface area contributed by atoms with Crippen LogP contribution in [0.1, 0.15) is 33.4 Å². The topological polar surface area (TPSA) is 38.9 Å². The first-order chi connectivity index (χ1) is 34.7. The van der Waals surface area contributed by atoms with Gasteiger partial charge in [0, 0.05) is 27.5 Å². The van der Waals surface area contributed by atoms with Gasteiger partial charge >= 0.3 is 0 Å². The van der Waals surface area contributed by atoms with Crippen molar-refractivity contribution in [2.45, 2.75) is 18.3 Å². The van der Waals surface area contributed by atoms with Gasteiger partial charge in [0.2, 0.25) is 0 Å². The van der Waals surface area contributed by atoms with E-state index in [1.807, 2.05) is 0 Å². The Kier molecular flexibility index (Phi) is 8.40. The maximum Gasteiger partial charge on any atom is 0.160 e. The second-order valence-electron chi connectivity index (χ2n) is 19.0. The Bertz CT molecular complexity index is 4090. The Labute approximate surface area is 406 Å². The Hall–Kier alpha value is -8.92. The molecule has 326 valence electrons. The summed E-state index contributed by atoms with van der Waals surface area (Å²) >= 11 is 0. The lowest BCUT2D eigenvalue weighted by Gasteiger charge is -2.30. The number of aryl methyl sites for hydroxylation is 2. The number of hydrogen-bond donors (Lipinski definition) is 0. The van der Waals surface area contributed by atoms with E-state index in [0.29, 0.717) is 5.82 Å². The molecule has 2 heterocycles. The molecule has 0 bridgehead atoms. The van der Waals surface area contributed by atoms with Crippen molar-refractivity contribution in [2.75, 3.05) is 0 Å². The molecule has 1 spiro atoms. The summed E-state index contributed by atoms with van der Waals surface area (Å²) in [6.07, 6.45) is 2.02. The van der Waals surface area contributed by atoms with Crippen LogP contribution in [0.5, 0.6) is 0 Å². The van der Waals surface area contributed by atoms with E-state index in [9.17, 15) is 0 Å². The number of aromatic nitrogens is 2. The molecule has 0 aliphatic heterocycles. The standard InChI is InChI=1S/C67H42N2O/c1-2-15-41(16-3-1)44-19-12-20-47(37-44)66-68-60(52-25-13-18-43-32-31-42-17-4-5-21-48(42)64(43)52)40-61(69-66)53-26-14-30-63-65(53)55-39-46(34-36-62(55)70-63)45-33-35-59-54(38-45)51-24-8-11-29-58(51)67(59)56-27-9-6-22-49(56)50-23-7-10-28-57(50)67/h1-30,33-40H,31-32H2. The lowest BCUT2D eigenvalue weighted by atomic mass is 9.70. The summed E-state index contributed by atoms with van der Waals surface area (Å²) < 4.78 is 6.72. The molecule has 12 aromatic rings. The van der Waals surface area contributed by atoms with Crippen LogP contribution in [-0.4, -0.2) is 9.97 Å². The van der Waals surface area contributed by atoms with E-state index in [1.165, 1.54) is 66.8 Å². The largest absolute Gasteiger partial charge is 0.456 e. The summed E-state index contributed by atoms with van der Waals surface area (Å²) in [5, 5.41) is 2.09. The summed E-state index contributed by atoms with van der Waals surface area (Å²) in [6.45, 7) is 0. The van der Waals surface area contributed by atoms with Gasteiger partial charge in [0.15, 0.2) is 5.82 Å². The van der Waals surface area contributed by atoms with Crippen molar-refractivity contribution in [3.63, 3.8) is 0 Å². The van der Waals surface area contributed by atoms with Crippen LogP contribution in [0, 0.1) is 0 Å². The van der Waals surface area contributed by atoms with Gasteiger partial charge in [-0.25, -0.2) is 9.97 Å². The van der Waals surface area contributed by atoms with Crippen LogP contribution < -0.4 is 0 Å². The Morgan fingerprint density at radius 1 is 0.329 bits per heavy atom. The third-order valence-electron chi connectivity index (χ3n) is 15.4. The summed E-state index contributed by atoms with van der Waals surface area (Å²) in [4.78, 5) is 10.9. The summed E-state index contributed by atoms with van der Waals surface area (Å²) in [5.41, 5.74) is 26.5. The van der Waals surface area contributed by atoms with Crippen LogP contribution >= 0.6 is 0 Å². The number of fused-ring (bicyclic) bond motifs is 16. The quantitative estimate of drug-likeness (QED) is 0.173. The highest BCUT2D eigenvalue weighted by Crippen LogP contribution is 2.63. The smallest absolute Gasteiger partial charge is 0.160 e. The van der Waals surface area contributed by atoms with E-state index in [2.05, 4.69) is 231 Å². The molecular formula is C67H42N2O. The molecule has 0 amide bonds. The highest BCUT2D eigenvalue weighted by atomic mass is 16.3. The Morgan fingerprint density at radius 3 is 1.64 bits per heavy atom. The molecule has 70 heavy (non-hydrogen) atoms. The maximum absolute atomic E-state index is 6.72. The van der Waals surface area contributed by atoms with Crippen LogP contribution in [0.2, 0.25) is 0 Å². The molecule has 2 aromatic heterocycles. The molecule has 3 nitrogen and oxygen atoms in total. The fourth-order valence-corrected chi connectivity index (χ4v) is 12.4. The molecule has 0 radical (unpaired) electrons. The second-order valence-corrected chi connectivity index (χ2v) is 19.0. The fraction of sp³-hybridized carbons (Fsp3) is 0.0448. The van der Waals surface area contributed by atoms with Crippen molar-refractivity contribution in [3.8, 4) is 89.5 Å². The molecule has 10 aromatic carbocycles. The lowest BCUT2D eigenvalue weighted by molar-refractivity contribution is 0.669. The van der Waals surface area contributed by atoms with Gasteiger partial charge in [-0.2, -0.15) is 0 Å². The predicted molar refractivity (Wildman–Crippen MR) is 286 cm³/mol. The molecule has 3 aliphatic rings. The minimum Gasteiger partial charge on any atom is -0.456 e. The first-order valence-electron chi connectivity index (χ1n) is 24.3. The zero-order valence-electron chi connectivity index (χ0n) is 38.2. The van der Waals surface area contributed by atoms with Crippen LogP contribution in [0.15, 0.2) is 235 Å².